The minimum Gasteiger partial charge on any atom is -0.480 e. The van der Waals surface area contributed by atoms with Crippen molar-refractivity contribution in [1.29, 1.82) is 0 Å². The Morgan fingerprint density at radius 1 is 1.33 bits per heavy atom. The van der Waals surface area contributed by atoms with E-state index in [2.05, 4.69) is 55.0 Å². The van der Waals surface area contributed by atoms with Crippen molar-refractivity contribution >= 4 is 38.6 Å². The van der Waals surface area contributed by atoms with E-state index < -0.39 is 0 Å². The summed E-state index contributed by atoms with van der Waals surface area (Å²) in [6, 6.07) is 4.16. The highest BCUT2D eigenvalue weighted by molar-refractivity contribution is 9.10. The van der Waals surface area contributed by atoms with Crippen LogP contribution in [0.5, 0.6) is 5.88 Å². The zero-order valence-corrected chi connectivity index (χ0v) is 15.5. The van der Waals surface area contributed by atoms with Crippen LogP contribution in [0.25, 0.3) is 11.0 Å². The van der Waals surface area contributed by atoms with Gasteiger partial charge >= 0.3 is 0 Å². The van der Waals surface area contributed by atoms with Crippen LogP contribution in [-0.2, 0) is 0 Å². The Bertz CT molecular complexity index is 907. The van der Waals surface area contributed by atoms with Crippen LogP contribution in [0.4, 0.5) is 0 Å². The molecule has 1 aliphatic rings. The third-order valence-electron chi connectivity index (χ3n) is 4.30. The van der Waals surface area contributed by atoms with E-state index in [4.69, 9.17) is 16.3 Å². The Kier molecular flexibility index (Phi) is 3.92. The molecule has 24 heavy (non-hydrogen) atoms. The zero-order valence-electron chi connectivity index (χ0n) is 13.2. The number of halogens is 2. The van der Waals surface area contributed by atoms with Gasteiger partial charge in [0.2, 0.25) is 11.2 Å². The van der Waals surface area contributed by atoms with Gasteiger partial charge in [-0.05, 0) is 58.9 Å². The number of ether oxygens (including phenoxy) is 1. The van der Waals surface area contributed by atoms with Gasteiger partial charge in [-0.2, -0.15) is 15.1 Å². The Morgan fingerprint density at radius 2 is 2.12 bits per heavy atom. The normalized spacial score (nSPS) is 15.7. The highest BCUT2D eigenvalue weighted by atomic mass is 79.9. The van der Waals surface area contributed by atoms with Crippen LogP contribution in [0.1, 0.15) is 43.0 Å². The van der Waals surface area contributed by atoms with E-state index in [-0.39, 0.29) is 11.3 Å². The Balaban J connectivity index is 1.78. The summed E-state index contributed by atoms with van der Waals surface area (Å²) in [5, 5.41) is 5.38. The second kappa shape index (κ2) is 5.97. The molecule has 0 aliphatic heterocycles. The molecule has 0 amide bonds. The smallest absolute Gasteiger partial charge is 0.230 e. The Labute approximate surface area is 152 Å². The number of hydrogen-bond acceptors (Lipinski definition) is 5. The van der Waals surface area contributed by atoms with Crippen LogP contribution in [-0.4, -0.2) is 31.8 Å². The molecule has 3 aromatic rings. The van der Waals surface area contributed by atoms with Crippen LogP contribution < -0.4 is 4.74 Å². The molecule has 0 saturated heterocycles. The third kappa shape index (κ3) is 2.65. The molecular formula is C16H15BrClN5O. The highest BCUT2D eigenvalue weighted by Gasteiger charge is 2.25. The minimum absolute atomic E-state index is 0.0461. The monoisotopic (exact) mass is 407 g/mol. The third-order valence-corrected chi connectivity index (χ3v) is 5.02. The number of pyridine rings is 1. The van der Waals surface area contributed by atoms with Crippen LogP contribution in [0.15, 0.2) is 22.9 Å². The minimum atomic E-state index is -0.0461. The second-order valence-corrected chi connectivity index (χ2v) is 6.99. The number of aromatic nitrogens is 5. The van der Waals surface area contributed by atoms with Gasteiger partial charge in [0.05, 0.1) is 13.2 Å². The molecule has 1 aliphatic carbocycles. The van der Waals surface area contributed by atoms with Crippen LogP contribution >= 0.6 is 27.5 Å². The number of rotatable bonds is 4. The molecule has 4 rings (SSSR count). The number of methoxy groups -OCH3 is 1. The van der Waals surface area contributed by atoms with Crippen molar-refractivity contribution in [3.63, 3.8) is 0 Å². The number of nitrogens with zero attached hydrogens (tertiary/aromatic N) is 5. The first-order chi connectivity index (χ1) is 11.6. The molecule has 124 valence electrons. The van der Waals surface area contributed by atoms with E-state index in [0.717, 1.165) is 5.56 Å². The average Bonchev–Trinajstić information content (AvgIpc) is 3.38. The van der Waals surface area contributed by atoms with Gasteiger partial charge < -0.3 is 4.74 Å². The summed E-state index contributed by atoms with van der Waals surface area (Å²) in [6.45, 7) is 2.05. The predicted molar refractivity (Wildman–Crippen MR) is 94.6 cm³/mol. The maximum Gasteiger partial charge on any atom is 0.230 e. The van der Waals surface area contributed by atoms with Gasteiger partial charge in [0.1, 0.15) is 9.99 Å². The summed E-state index contributed by atoms with van der Waals surface area (Å²) < 4.78 is 7.74. The van der Waals surface area contributed by atoms with Crippen LogP contribution in [0, 0.1) is 0 Å². The van der Waals surface area contributed by atoms with Crippen molar-refractivity contribution in [1.82, 2.24) is 24.7 Å². The van der Waals surface area contributed by atoms with Crippen LogP contribution in [0.2, 0.25) is 5.28 Å². The fourth-order valence-electron chi connectivity index (χ4n) is 2.79. The molecule has 3 heterocycles. The fourth-order valence-corrected chi connectivity index (χ4v) is 3.46. The lowest BCUT2D eigenvalue weighted by Crippen LogP contribution is -2.10. The highest BCUT2D eigenvalue weighted by Crippen LogP contribution is 2.39. The van der Waals surface area contributed by atoms with Gasteiger partial charge in [-0.25, -0.2) is 4.68 Å². The van der Waals surface area contributed by atoms with Gasteiger partial charge in [-0.15, -0.1) is 0 Å². The van der Waals surface area contributed by atoms with Crippen molar-refractivity contribution in [2.45, 2.75) is 31.7 Å². The Hall–Kier alpha value is -1.73. The first-order valence-electron chi connectivity index (χ1n) is 7.69. The van der Waals surface area contributed by atoms with E-state index in [0.29, 0.717) is 27.4 Å². The summed E-state index contributed by atoms with van der Waals surface area (Å²) in [7, 11) is 1.55. The summed E-state index contributed by atoms with van der Waals surface area (Å²) in [4.78, 5) is 13.0. The van der Waals surface area contributed by atoms with Crippen molar-refractivity contribution in [2.75, 3.05) is 7.11 Å². The molecule has 0 aromatic carbocycles. The molecular weight excluding hydrogens is 394 g/mol. The van der Waals surface area contributed by atoms with E-state index in [1.807, 2.05) is 10.9 Å². The molecule has 1 atom stereocenters. The van der Waals surface area contributed by atoms with Crippen molar-refractivity contribution in [2.24, 2.45) is 0 Å². The molecule has 1 unspecified atom stereocenters. The molecule has 0 bridgehead atoms. The predicted octanol–water partition coefficient (Wildman–Crippen LogP) is 4.13. The SMILES string of the molecule is COc1nc(Cl)nc2c1c(Br)nn2C(C)c1ccc(C2CC2)nc1. The number of fused-ring (bicyclic) bond motifs is 1. The topological polar surface area (TPSA) is 65.7 Å². The zero-order chi connectivity index (χ0) is 16.8. The first kappa shape index (κ1) is 15.8. The van der Waals surface area contributed by atoms with Crippen molar-refractivity contribution in [3.8, 4) is 5.88 Å². The molecule has 8 heteroatoms. The Morgan fingerprint density at radius 3 is 2.75 bits per heavy atom. The van der Waals surface area contributed by atoms with Crippen LogP contribution in [0.3, 0.4) is 0 Å². The van der Waals surface area contributed by atoms with E-state index >= 15 is 0 Å². The number of hydrogen-bond donors (Lipinski definition) is 0. The molecule has 0 spiro atoms. The van der Waals surface area contributed by atoms with Gasteiger partial charge in [0.25, 0.3) is 0 Å². The molecule has 6 nitrogen and oxygen atoms in total. The summed E-state index contributed by atoms with van der Waals surface area (Å²) >= 11 is 9.49. The van der Waals surface area contributed by atoms with E-state index in [1.165, 1.54) is 18.5 Å². The van der Waals surface area contributed by atoms with Gasteiger partial charge in [0, 0.05) is 17.8 Å². The average molecular weight is 409 g/mol. The lowest BCUT2D eigenvalue weighted by molar-refractivity contribution is 0.402. The van der Waals surface area contributed by atoms with Crippen molar-refractivity contribution in [3.05, 3.63) is 39.5 Å². The van der Waals surface area contributed by atoms with Gasteiger partial charge in [0.15, 0.2) is 5.65 Å². The molecule has 0 radical (unpaired) electrons. The lowest BCUT2D eigenvalue weighted by atomic mass is 10.1. The van der Waals surface area contributed by atoms with Gasteiger partial charge in [-0.3, -0.25) is 4.98 Å². The van der Waals surface area contributed by atoms with E-state index in [1.54, 1.807) is 7.11 Å². The quantitative estimate of drug-likeness (QED) is 0.607. The first-order valence-corrected chi connectivity index (χ1v) is 8.86. The molecule has 1 fully saturated rings. The summed E-state index contributed by atoms with van der Waals surface area (Å²) in [6.07, 6.45) is 4.40. The largest absolute Gasteiger partial charge is 0.480 e. The second-order valence-electron chi connectivity index (χ2n) is 5.90. The fraction of sp³-hybridized carbons (Fsp3) is 0.375. The summed E-state index contributed by atoms with van der Waals surface area (Å²) in [5.41, 5.74) is 2.85. The summed E-state index contributed by atoms with van der Waals surface area (Å²) in [5.74, 6) is 1.04. The van der Waals surface area contributed by atoms with Crippen molar-refractivity contribution < 1.29 is 4.74 Å². The molecule has 3 aromatic heterocycles. The molecule has 1 saturated carbocycles. The maximum atomic E-state index is 6.03. The maximum absolute atomic E-state index is 6.03. The molecule has 0 N–H and O–H groups in total. The standard InChI is InChI=1S/C16H15BrClN5O/c1-8(10-5-6-11(19-7-10)9-3-4-9)23-14-12(13(17)22-23)15(24-2)21-16(18)20-14/h5-9H,3-4H2,1-2H3. The van der Waals surface area contributed by atoms with E-state index in [9.17, 15) is 0 Å². The van der Waals surface area contributed by atoms with Gasteiger partial charge in [-0.1, -0.05) is 6.07 Å². The lowest BCUT2D eigenvalue weighted by Gasteiger charge is -2.13.